The van der Waals surface area contributed by atoms with Crippen LogP contribution in [0.1, 0.15) is 56.7 Å². The number of nitrogens with zero attached hydrogens (tertiary/aromatic N) is 2. The highest BCUT2D eigenvalue weighted by atomic mass is 35.5. The first-order valence-corrected chi connectivity index (χ1v) is 13.0. The van der Waals surface area contributed by atoms with Crippen molar-refractivity contribution >= 4 is 24.2 Å². The number of carbonyl (C=O) groups is 2. The standard InChI is InChI=1S/C29H38FN3O3.ClH/c1-21(2)27(34)31-26(23-5-4-6-24(30)19-23)11-15-32-16-12-29(13-17-32)14-18-33(28(29)35)20-22-7-9-25(36-3)10-8-22;/h4-10,19,21,26H,11-18,20H2,1-3H3,(H,31,34);1H/t26-;/m0./s1. The van der Waals surface area contributed by atoms with Gasteiger partial charge in [0.25, 0.3) is 0 Å². The first-order chi connectivity index (χ1) is 17.3. The fourth-order valence-corrected chi connectivity index (χ4v) is 5.36. The van der Waals surface area contributed by atoms with Crippen LogP contribution < -0.4 is 10.1 Å². The number of hydrogen-bond acceptors (Lipinski definition) is 4. The van der Waals surface area contributed by atoms with Crippen molar-refractivity contribution in [1.29, 1.82) is 0 Å². The molecule has 0 unspecified atom stereocenters. The van der Waals surface area contributed by atoms with E-state index in [-0.39, 0.29) is 47.4 Å². The van der Waals surface area contributed by atoms with Gasteiger partial charge >= 0.3 is 0 Å². The minimum Gasteiger partial charge on any atom is -0.497 e. The van der Waals surface area contributed by atoms with Gasteiger partial charge in [0.05, 0.1) is 18.6 Å². The van der Waals surface area contributed by atoms with E-state index in [4.69, 9.17) is 4.74 Å². The average Bonchev–Trinajstić information content (AvgIpc) is 3.17. The molecule has 2 saturated heterocycles. The third kappa shape index (κ3) is 7.02. The molecule has 0 aromatic heterocycles. The molecule has 0 aliphatic carbocycles. The molecule has 2 aromatic carbocycles. The Morgan fingerprint density at radius 2 is 1.76 bits per heavy atom. The van der Waals surface area contributed by atoms with Crippen LogP contribution in [0.25, 0.3) is 0 Å². The summed E-state index contributed by atoms with van der Waals surface area (Å²) in [5.41, 5.74) is 1.65. The predicted molar refractivity (Wildman–Crippen MR) is 145 cm³/mol. The van der Waals surface area contributed by atoms with Crippen LogP contribution in [-0.2, 0) is 16.1 Å². The van der Waals surface area contributed by atoms with Gasteiger partial charge in [0, 0.05) is 25.6 Å². The third-order valence-electron chi connectivity index (χ3n) is 7.77. The number of carbonyl (C=O) groups excluding carboxylic acids is 2. The van der Waals surface area contributed by atoms with Crippen molar-refractivity contribution in [2.75, 3.05) is 33.3 Å². The van der Waals surface area contributed by atoms with Crippen LogP contribution in [0.4, 0.5) is 4.39 Å². The Morgan fingerprint density at radius 3 is 2.38 bits per heavy atom. The second-order valence-electron chi connectivity index (χ2n) is 10.5. The Balaban J connectivity index is 0.00000380. The molecule has 4 rings (SSSR count). The van der Waals surface area contributed by atoms with Crippen molar-refractivity contribution in [2.24, 2.45) is 11.3 Å². The summed E-state index contributed by atoms with van der Waals surface area (Å²) in [6.07, 6.45) is 3.32. The smallest absolute Gasteiger partial charge is 0.229 e. The van der Waals surface area contributed by atoms with Gasteiger partial charge in [-0.1, -0.05) is 38.1 Å². The zero-order valence-electron chi connectivity index (χ0n) is 22.0. The van der Waals surface area contributed by atoms with E-state index < -0.39 is 0 Å². The summed E-state index contributed by atoms with van der Waals surface area (Å²) in [6.45, 7) is 7.66. The van der Waals surface area contributed by atoms with Crippen molar-refractivity contribution < 1.29 is 18.7 Å². The zero-order chi connectivity index (χ0) is 25.7. The van der Waals surface area contributed by atoms with Crippen molar-refractivity contribution in [3.63, 3.8) is 0 Å². The van der Waals surface area contributed by atoms with E-state index in [2.05, 4.69) is 10.2 Å². The fourth-order valence-electron chi connectivity index (χ4n) is 5.36. The molecular weight excluding hydrogens is 493 g/mol. The van der Waals surface area contributed by atoms with Crippen LogP contribution in [0.3, 0.4) is 0 Å². The van der Waals surface area contributed by atoms with Crippen LogP contribution in [0.15, 0.2) is 48.5 Å². The van der Waals surface area contributed by atoms with Gasteiger partial charge < -0.3 is 19.9 Å². The number of rotatable bonds is 9. The van der Waals surface area contributed by atoms with E-state index in [1.165, 1.54) is 12.1 Å². The number of amides is 2. The number of hydrogen-bond donors (Lipinski definition) is 1. The van der Waals surface area contributed by atoms with Crippen LogP contribution in [0.2, 0.25) is 0 Å². The molecule has 2 aliphatic heterocycles. The van der Waals surface area contributed by atoms with Crippen LogP contribution in [-0.4, -0.2) is 54.9 Å². The van der Waals surface area contributed by atoms with E-state index in [9.17, 15) is 14.0 Å². The van der Waals surface area contributed by atoms with Crippen molar-refractivity contribution in [2.45, 2.75) is 52.1 Å². The van der Waals surface area contributed by atoms with Crippen molar-refractivity contribution in [3.8, 4) is 5.75 Å². The summed E-state index contributed by atoms with van der Waals surface area (Å²) in [7, 11) is 1.65. The lowest BCUT2D eigenvalue weighted by molar-refractivity contribution is -0.139. The van der Waals surface area contributed by atoms with E-state index in [0.29, 0.717) is 13.0 Å². The number of nitrogens with one attached hydrogen (secondary N) is 1. The molecule has 1 spiro atoms. The van der Waals surface area contributed by atoms with Crippen LogP contribution >= 0.6 is 12.4 Å². The molecule has 37 heavy (non-hydrogen) atoms. The zero-order valence-corrected chi connectivity index (χ0v) is 22.9. The maximum absolute atomic E-state index is 13.9. The number of benzene rings is 2. The van der Waals surface area contributed by atoms with Gasteiger partial charge in [-0.15, -0.1) is 12.4 Å². The first kappa shape index (κ1) is 28.9. The lowest BCUT2D eigenvalue weighted by Crippen LogP contribution is -2.45. The average molecular weight is 532 g/mol. The second kappa shape index (κ2) is 12.7. The highest BCUT2D eigenvalue weighted by molar-refractivity contribution is 5.85. The number of methoxy groups -OCH3 is 1. The van der Waals surface area contributed by atoms with Gasteiger partial charge in [-0.05, 0) is 74.2 Å². The molecule has 2 amide bonds. The van der Waals surface area contributed by atoms with Gasteiger partial charge in [0.2, 0.25) is 11.8 Å². The minimum atomic E-state index is -0.296. The lowest BCUT2D eigenvalue weighted by atomic mass is 9.77. The van der Waals surface area contributed by atoms with Gasteiger partial charge in [0.1, 0.15) is 11.6 Å². The molecule has 1 N–H and O–H groups in total. The quantitative estimate of drug-likeness (QED) is 0.496. The minimum absolute atomic E-state index is 0. The number of ether oxygens (including phenoxy) is 1. The summed E-state index contributed by atoms with van der Waals surface area (Å²) in [5, 5.41) is 3.09. The Morgan fingerprint density at radius 1 is 1.08 bits per heavy atom. The van der Waals surface area contributed by atoms with Gasteiger partial charge in [-0.25, -0.2) is 4.39 Å². The summed E-state index contributed by atoms with van der Waals surface area (Å²) < 4.78 is 19.1. The molecular formula is C29H39ClFN3O3. The number of likely N-dealkylation sites (tertiary alicyclic amines) is 2. The molecule has 2 heterocycles. The Labute approximate surface area is 226 Å². The molecule has 2 aromatic rings. The highest BCUT2D eigenvalue weighted by Crippen LogP contribution is 2.42. The molecule has 6 nitrogen and oxygen atoms in total. The molecule has 2 aliphatic rings. The maximum Gasteiger partial charge on any atom is 0.229 e. The fraction of sp³-hybridized carbons (Fsp3) is 0.517. The molecule has 0 bridgehead atoms. The molecule has 8 heteroatoms. The van der Waals surface area contributed by atoms with E-state index in [1.54, 1.807) is 13.2 Å². The van der Waals surface area contributed by atoms with Gasteiger partial charge in [-0.2, -0.15) is 0 Å². The molecule has 1 atom stereocenters. The largest absolute Gasteiger partial charge is 0.497 e. The predicted octanol–water partition coefficient (Wildman–Crippen LogP) is 4.97. The van der Waals surface area contributed by atoms with Crippen LogP contribution in [0, 0.1) is 17.2 Å². The Kier molecular flexibility index (Phi) is 9.96. The van der Waals surface area contributed by atoms with Gasteiger partial charge in [-0.3, -0.25) is 9.59 Å². The third-order valence-corrected chi connectivity index (χ3v) is 7.77. The maximum atomic E-state index is 13.9. The van der Waals surface area contributed by atoms with Crippen molar-refractivity contribution in [1.82, 2.24) is 15.1 Å². The SMILES string of the molecule is COc1ccc(CN2CCC3(CCN(CC[C@H](NC(=O)C(C)C)c4cccc(F)c4)CC3)C2=O)cc1.Cl. The summed E-state index contributed by atoms with van der Waals surface area (Å²) >= 11 is 0. The highest BCUT2D eigenvalue weighted by Gasteiger charge is 2.47. The monoisotopic (exact) mass is 531 g/mol. The van der Waals surface area contributed by atoms with Crippen molar-refractivity contribution in [3.05, 3.63) is 65.5 Å². The summed E-state index contributed by atoms with van der Waals surface area (Å²) in [4.78, 5) is 30.2. The molecule has 0 saturated carbocycles. The first-order valence-electron chi connectivity index (χ1n) is 13.0. The number of halogens is 2. The Hall–Kier alpha value is -2.64. The van der Waals surface area contributed by atoms with E-state index in [1.807, 2.05) is 49.1 Å². The second-order valence-corrected chi connectivity index (χ2v) is 10.5. The normalized spacial score (nSPS) is 18.1. The Bertz CT molecular complexity index is 1050. The van der Waals surface area contributed by atoms with E-state index in [0.717, 1.165) is 62.3 Å². The van der Waals surface area contributed by atoms with Crippen LogP contribution in [0.5, 0.6) is 5.75 Å². The van der Waals surface area contributed by atoms with E-state index >= 15 is 0 Å². The topological polar surface area (TPSA) is 61.9 Å². The summed E-state index contributed by atoms with van der Waals surface area (Å²) in [6, 6.07) is 14.2. The number of piperidine rings is 1. The molecule has 0 radical (unpaired) electrons. The molecule has 2 fully saturated rings. The summed E-state index contributed by atoms with van der Waals surface area (Å²) in [5.74, 6) is 0.634. The lowest BCUT2D eigenvalue weighted by Gasteiger charge is -2.38. The molecule has 202 valence electrons. The van der Waals surface area contributed by atoms with Gasteiger partial charge in [0.15, 0.2) is 0 Å².